The topological polar surface area (TPSA) is 65.7 Å². The first-order chi connectivity index (χ1) is 13.1. The number of carbonyl (C=O) groups is 1. The van der Waals surface area contributed by atoms with E-state index in [4.69, 9.17) is 9.15 Å². The van der Waals surface area contributed by atoms with Gasteiger partial charge in [0.05, 0.1) is 5.56 Å². The molecule has 0 saturated heterocycles. The predicted molar refractivity (Wildman–Crippen MR) is 94.2 cm³/mol. The van der Waals surface area contributed by atoms with E-state index < -0.39 is 23.7 Å². The van der Waals surface area contributed by atoms with Crippen LogP contribution in [0.25, 0.3) is 11.0 Å². The summed E-state index contributed by atoms with van der Waals surface area (Å²) in [6.45, 7) is 3.60. The molecule has 0 atom stereocenters. The van der Waals surface area contributed by atoms with Gasteiger partial charge in [-0.3, -0.25) is 0 Å². The van der Waals surface area contributed by atoms with E-state index in [1.54, 1.807) is 6.07 Å². The molecule has 0 amide bonds. The van der Waals surface area contributed by atoms with Crippen LogP contribution in [-0.2, 0) is 11.3 Å². The van der Waals surface area contributed by atoms with Crippen molar-refractivity contribution in [1.82, 2.24) is 0 Å². The zero-order valence-electron chi connectivity index (χ0n) is 14.9. The number of halogens is 3. The summed E-state index contributed by atoms with van der Waals surface area (Å²) in [5, 5.41) is 0.643. The number of carbonyl (C=O) groups excluding carboxylic acids is 1. The summed E-state index contributed by atoms with van der Waals surface area (Å²) in [6, 6.07) is 9.16. The van der Waals surface area contributed by atoms with Gasteiger partial charge < -0.3 is 13.9 Å². The van der Waals surface area contributed by atoms with Crippen LogP contribution in [0.4, 0.5) is 13.2 Å². The molecule has 0 aliphatic rings. The summed E-state index contributed by atoms with van der Waals surface area (Å²) < 4.78 is 50.7. The monoisotopic (exact) mass is 392 g/mol. The summed E-state index contributed by atoms with van der Waals surface area (Å²) in [7, 11) is 0. The molecule has 0 aliphatic carbocycles. The molecule has 3 aromatic rings. The van der Waals surface area contributed by atoms with Crippen molar-refractivity contribution >= 4 is 16.9 Å². The van der Waals surface area contributed by atoms with Crippen LogP contribution in [0, 0.1) is 13.8 Å². The summed E-state index contributed by atoms with van der Waals surface area (Å²) >= 11 is 0. The number of hydrogen-bond donors (Lipinski definition) is 0. The first-order valence-corrected chi connectivity index (χ1v) is 8.19. The zero-order chi connectivity index (χ0) is 20.5. The number of alkyl halides is 3. The minimum Gasteiger partial charge on any atom is -0.457 e. The Bertz CT molecular complexity index is 1080. The first kappa shape index (κ1) is 19.5. The number of benzene rings is 2. The quantitative estimate of drug-likeness (QED) is 0.477. The van der Waals surface area contributed by atoms with Crippen LogP contribution in [-0.4, -0.2) is 12.3 Å². The predicted octanol–water partition coefficient (Wildman–Crippen LogP) is 4.67. The number of rotatable bonds is 4. The van der Waals surface area contributed by atoms with Crippen LogP contribution in [0.15, 0.2) is 51.7 Å². The smallest absolute Gasteiger partial charge is 0.457 e. The second-order valence-corrected chi connectivity index (χ2v) is 6.17. The van der Waals surface area contributed by atoms with Gasteiger partial charge in [-0.15, -0.1) is 13.2 Å². The van der Waals surface area contributed by atoms with Gasteiger partial charge in [0, 0.05) is 17.0 Å². The van der Waals surface area contributed by atoms with Gasteiger partial charge in [-0.05, 0) is 61.4 Å². The third-order valence-corrected chi connectivity index (χ3v) is 4.13. The number of hydrogen-bond acceptors (Lipinski definition) is 5. The van der Waals surface area contributed by atoms with Crippen molar-refractivity contribution in [3.63, 3.8) is 0 Å². The molecule has 0 aliphatic heterocycles. The first-order valence-electron chi connectivity index (χ1n) is 8.19. The minimum absolute atomic E-state index is 0.0498. The Hall–Kier alpha value is -3.29. The summed E-state index contributed by atoms with van der Waals surface area (Å²) in [5.41, 5.74) is 2.26. The lowest BCUT2D eigenvalue weighted by atomic mass is 10.0. The zero-order valence-corrected chi connectivity index (χ0v) is 14.9. The van der Waals surface area contributed by atoms with Crippen LogP contribution in [0.1, 0.15) is 27.0 Å². The summed E-state index contributed by atoms with van der Waals surface area (Å²) in [4.78, 5) is 23.9. The average Bonchev–Trinajstić information content (AvgIpc) is 2.60. The molecule has 146 valence electrons. The Morgan fingerprint density at radius 2 is 1.68 bits per heavy atom. The van der Waals surface area contributed by atoms with E-state index in [0.29, 0.717) is 16.5 Å². The standard InChI is InChI=1S/C20H15F3O5/c1-11-7-16-14(9-18(24)27-17(16)8-12(11)2)10-26-19(25)13-3-5-15(6-4-13)28-20(21,22)23/h3-9H,10H2,1-2H3. The molecule has 5 nitrogen and oxygen atoms in total. The SMILES string of the molecule is Cc1cc2oc(=O)cc(COC(=O)c3ccc(OC(F)(F)F)cc3)c2cc1C. The van der Waals surface area contributed by atoms with Crippen molar-refractivity contribution in [3.8, 4) is 5.75 Å². The van der Waals surface area contributed by atoms with Gasteiger partial charge >= 0.3 is 18.0 Å². The van der Waals surface area contributed by atoms with Crippen LogP contribution >= 0.6 is 0 Å². The molecule has 1 heterocycles. The van der Waals surface area contributed by atoms with Gasteiger partial charge in [0.15, 0.2) is 0 Å². The van der Waals surface area contributed by atoms with Crippen LogP contribution < -0.4 is 10.4 Å². The van der Waals surface area contributed by atoms with E-state index in [2.05, 4.69) is 4.74 Å². The molecule has 0 N–H and O–H groups in total. The second kappa shape index (κ2) is 7.38. The Balaban J connectivity index is 1.78. The van der Waals surface area contributed by atoms with E-state index in [1.165, 1.54) is 6.07 Å². The van der Waals surface area contributed by atoms with Crippen molar-refractivity contribution in [3.05, 3.63) is 75.1 Å². The Morgan fingerprint density at radius 3 is 2.32 bits per heavy atom. The molecule has 0 unspecified atom stereocenters. The highest BCUT2D eigenvalue weighted by Crippen LogP contribution is 2.24. The van der Waals surface area contributed by atoms with Gasteiger partial charge in [0.25, 0.3) is 0 Å². The van der Waals surface area contributed by atoms with E-state index in [9.17, 15) is 22.8 Å². The van der Waals surface area contributed by atoms with Gasteiger partial charge in [-0.1, -0.05) is 0 Å². The largest absolute Gasteiger partial charge is 0.573 e. The van der Waals surface area contributed by atoms with Gasteiger partial charge in [0.2, 0.25) is 0 Å². The lowest BCUT2D eigenvalue weighted by molar-refractivity contribution is -0.274. The molecule has 0 radical (unpaired) electrons. The fourth-order valence-electron chi connectivity index (χ4n) is 2.62. The molecule has 1 aromatic heterocycles. The molecule has 2 aromatic carbocycles. The molecule has 0 spiro atoms. The third kappa shape index (κ3) is 4.51. The van der Waals surface area contributed by atoms with Crippen molar-refractivity contribution < 1.29 is 31.9 Å². The highest BCUT2D eigenvalue weighted by Gasteiger charge is 2.31. The highest BCUT2D eigenvalue weighted by molar-refractivity contribution is 5.90. The number of ether oxygens (including phenoxy) is 2. The maximum Gasteiger partial charge on any atom is 0.573 e. The fraction of sp³-hybridized carbons (Fsp3) is 0.200. The average molecular weight is 392 g/mol. The van der Waals surface area contributed by atoms with E-state index in [-0.39, 0.29) is 12.2 Å². The summed E-state index contributed by atoms with van der Waals surface area (Å²) in [5.74, 6) is -1.19. The number of fused-ring (bicyclic) bond motifs is 1. The Labute approximate surface area is 157 Å². The molecular weight excluding hydrogens is 377 g/mol. The number of aryl methyl sites for hydroxylation is 2. The third-order valence-electron chi connectivity index (χ3n) is 4.13. The van der Waals surface area contributed by atoms with Crippen molar-refractivity contribution in [2.75, 3.05) is 0 Å². The van der Waals surface area contributed by atoms with Crippen LogP contribution in [0.5, 0.6) is 5.75 Å². The lowest BCUT2D eigenvalue weighted by Crippen LogP contribution is -2.17. The molecular formula is C20H15F3O5. The summed E-state index contributed by atoms with van der Waals surface area (Å²) in [6.07, 6.45) is -4.81. The van der Waals surface area contributed by atoms with Crippen LogP contribution in [0.3, 0.4) is 0 Å². The van der Waals surface area contributed by atoms with E-state index >= 15 is 0 Å². The van der Waals surface area contributed by atoms with Crippen molar-refractivity contribution in [1.29, 1.82) is 0 Å². The molecule has 0 saturated carbocycles. The normalized spacial score (nSPS) is 11.5. The van der Waals surface area contributed by atoms with E-state index in [1.807, 2.05) is 19.9 Å². The maximum absolute atomic E-state index is 12.2. The van der Waals surface area contributed by atoms with Crippen molar-refractivity contribution in [2.24, 2.45) is 0 Å². The lowest BCUT2D eigenvalue weighted by Gasteiger charge is -2.10. The molecule has 0 fully saturated rings. The molecule has 3 rings (SSSR count). The minimum atomic E-state index is -4.81. The van der Waals surface area contributed by atoms with Crippen LogP contribution in [0.2, 0.25) is 0 Å². The van der Waals surface area contributed by atoms with Gasteiger partial charge in [0.1, 0.15) is 17.9 Å². The Kier molecular flexibility index (Phi) is 5.13. The second-order valence-electron chi connectivity index (χ2n) is 6.17. The van der Waals surface area contributed by atoms with E-state index in [0.717, 1.165) is 35.4 Å². The molecule has 8 heteroatoms. The maximum atomic E-state index is 12.2. The van der Waals surface area contributed by atoms with Gasteiger partial charge in [-0.2, -0.15) is 0 Å². The number of esters is 1. The molecule has 28 heavy (non-hydrogen) atoms. The fourth-order valence-corrected chi connectivity index (χ4v) is 2.62. The Morgan fingerprint density at radius 1 is 1.04 bits per heavy atom. The molecule has 0 bridgehead atoms. The highest BCUT2D eigenvalue weighted by atomic mass is 19.4. The van der Waals surface area contributed by atoms with Gasteiger partial charge in [-0.25, -0.2) is 9.59 Å². The van der Waals surface area contributed by atoms with Crippen molar-refractivity contribution in [2.45, 2.75) is 26.8 Å².